The van der Waals surface area contributed by atoms with Crippen molar-refractivity contribution in [3.05, 3.63) is 60.2 Å². The molecule has 0 aliphatic carbocycles. The molecule has 0 saturated carbocycles. The topological polar surface area (TPSA) is 51.2 Å². The lowest BCUT2D eigenvalue weighted by molar-refractivity contribution is -0.121. The van der Waals surface area contributed by atoms with Crippen LogP contribution in [0.2, 0.25) is 0 Å². The van der Waals surface area contributed by atoms with Gasteiger partial charge in [0.15, 0.2) is 0 Å². The summed E-state index contributed by atoms with van der Waals surface area (Å²) in [4.78, 5) is 15.8. The number of halogens is 1. The maximum atomic E-state index is 13.0. The summed E-state index contributed by atoms with van der Waals surface area (Å²) in [5, 5.41) is 2.92. The molecular formula is C17H19FN2O2. The molecule has 0 fully saturated rings. The summed E-state index contributed by atoms with van der Waals surface area (Å²) in [5.41, 5.74) is 1.01. The van der Waals surface area contributed by atoms with Gasteiger partial charge in [-0.25, -0.2) is 4.39 Å². The van der Waals surface area contributed by atoms with Crippen molar-refractivity contribution in [3.63, 3.8) is 0 Å². The highest BCUT2D eigenvalue weighted by Gasteiger charge is 2.09. The molecule has 1 amide bonds. The molecule has 0 unspecified atom stereocenters. The molecular weight excluding hydrogens is 283 g/mol. The summed E-state index contributed by atoms with van der Waals surface area (Å²) < 4.78 is 18.4. The molecule has 1 N–H and O–H groups in total. The van der Waals surface area contributed by atoms with Crippen molar-refractivity contribution < 1.29 is 13.9 Å². The Hall–Kier alpha value is -2.43. The highest BCUT2D eigenvalue weighted by Crippen LogP contribution is 2.13. The molecule has 1 aromatic heterocycles. The number of carbonyl (C=O) groups excluding carboxylic acids is 1. The summed E-state index contributed by atoms with van der Waals surface area (Å²) in [7, 11) is 0. The van der Waals surface area contributed by atoms with Crippen molar-refractivity contribution in [2.45, 2.75) is 25.8 Å². The fraction of sp³-hybridized carbons (Fsp3) is 0.294. The highest BCUT2D eigenvalue weighted by atomic mass is 19.1. The Balaban J connectivity index is 1.68. The van der Waals surface area contributed by atoms with Gasteiger partial charge in [0.25, 0.3) is 0 Å². The Morgan fingerprint density at radius 3 is 2.82 bits per heavy atom. The predicted octanol–water partition coefficient (Wildman–Crippen LogP) is 3.26. The van der Waals surface area contributed by atoms with Crippen LogP contribution in [-0.4, -0.2) is 17.5 Å². The number of hydrogen-bond acceptors (Lipinski definition) is 3. The highest BCUT2D eigenvalue weighted by molar-refractivity contribution is 5.76. The number of nitrogens with zero attached hydrogens (tertiary/aromatic N) is 1. The van der Waals surface area contributed by atoms with E-state index in [4.69, 9.17) is 4.74 Å². The Labute approximate surface area is 129 Å². The minimum atomic E-state index is -0.332. The Bertz CT molecular complexity index is 605. The van der Waals surface area contributed by atoms with Crippen LogP contribution in [0.5, 0.6) is 5.75 Å². The van der Waals surface area contributed by atoms with Gasteiger partial charge in [-0.15, -0.1) is 0 Å². The second kappa shape index (κ2) is 8.12. The molecule has 0 saturated heterocycles. The summed E-state index contributed by atoms with van der Waals surface area (Å²) in [6, 6.07) is 9.66. The van der Waals surface area contributed by atoms with Crippen LogP contribution in [0, 0.1) is 5.82 Å². The first kappa shape index (κ1) is 15.9. The normalized spacial score (nSPS) is 11.7. The monoisotopic (exact) mass is 302 g/mol. The number of carbonyl (C=O) groups is 1. The summed E-state index contributed by atoms with van der Waals surface area (Å²) in [5.74, 6) is 0.110. The molecule has 2 aromatic rings. The number of hydrogen-bond donors (Lipinski definition) is 1. The smallest absolute Gasteiger partial charge is 0.220 e. The number of pyridine rings is 1. The predicted molar refractivity (Wildman–Crippen MR) is 81.9 cm³/mol. The van der Waals surface area contributed by atoms with Crippen molar-refractivity contribution in [1.29, 1.82) is 0 Å². The van der Waals surface area contributed by atoms with Gasteiger partial charge in [0.2, 0.25) is 5.91 Å². The van der Waals surface area contributed by atoms with E-state index >= 15 is 0 Å². The first-order chi connectivity index (χ1) is 10.6. The van der Waals surface area contributed by atoms with E-state index in [9.17, 15) is 9.18 Å². The van der Waals surface area contributed by atoms with Gasteiger partial charge in [0.1, 0.15) is 11.6 Å². The maximum absolute atomic E-state index is 13.0. The van der Waals surface area contributed by atoms with Gasteiger partial charge < -0.3 is 10.1 Å². The molecule has 1 atom stereocenters. The van der Waals surface area contributed by atoms with E-state index in [1.807, 2.05) is 19.1 Å². The van der Waals surface area contributed by atoms with Crippen LogP contribution in [0.4, 0.5) is 4.39 Å². The van der Waals surface area contributed by atoms with E-state index in [-0.39, 0.29) is 17.8 Å². The van der Waals surface area contributed by atoms with E-state index in [0.29, 0.717) is 25.2 Å². The second-order valence-electron chi connectivity index (χ2n) is 4.98. The molecule has 0 aliphatic heterocycles. The Morgan fingerprint density at radius 1 is 1.32 bits per heavy atom. The third-order valence-corrected chi connectivity index (χ3v) is 3.20. The summed E-state index contributed by atoms with van der Waals surface area (Å²) in [6.07, 6.45) is 4.34. The fourth-order valence-corrected chi connectivity index (χ4v) is 2.03. The maximum Gasteiger partial charge on any atom is 0.220 e. The van der Waals surface area contributed by atoms with Crippen molar-refractivity contribution in [1.82, 2.24) is 10.3 Å². The van der Waals surface area contributed by atoms with E-state index < -0.39 is 0 Å². The van der Waals surface area contributed by atoms with Crippen LogP contribution < -0.4 is 10.1 Å². The van der Waals surface area contributed by atoms with Crippen LogP contribution in [-0.2, 0) is 4.79 Å². The zero-order valence-electron chi connectivity index (χ0n) is 12.5. The summed E-state index contributed by atoms with van der Waals surface area (Å²) >= 11 is 0. The largest absolute Gasteiger partial charge is 0.493 e. The van der Waals surface area contributed by atoms with Gasteiger partial charge in [-0.2, -0.15) is 0 Å². The van der Waals surface area contributed by atoms with Crippen LogP contribution in [0.25, 0.3) is 0 Å². The van der Waals surface area contributed by atoms with Gasteiger partial charge >= 0.3 is 0 Å². The number of nitrogens with one attached hydrogen (secondary N) is 1. The standard InChI is InChI=1S/C17H19FN2O2/c1-13(14-7-9-19-10-8-14)20-17(21)6-3-11-22-16-5-2-4-15(18)12-16/h2,4-5,7-10,12-13H,3,6,11H2,1H3,(H,20,21)/t13-/m1/s1. The van der Waals surface area contributed by atoms with Crippen molar-refractivity contribution >= 4 is 5.91 Å². The van der Waals surface area contributed by atoms with E-state index in [0.717, 1.165) is 5.56 Å². The molecule has 0 spiro atoms. The van der Waals surface area contributed by atoms with Gasteiger partial charge in [-0.3, -0.25) is 9.78 Å². The molecule has 4 nitrogen and oxygen atoms in total. The first-order valence-electron chi connectivity index (χ1n) is 7.23. The van der Waals surface area contributed by atoms with Crippen molar-refractivity contribution in [2.24, 2.45) is 0 Å². The lowest BCUT2D eigenvalue weighted by Crippen LogP contribution is -2.26. The number of amides is 1. The third-order valence-electron chi connectivity index (χ3n) is 3.20. The number of aromatic nitrogens is 1. The quantitative estimate of drug-likeness (QED) is 0.799. The van der Waals surface area contributed by atoms with E-state index in [1.165, 1.54) is 12.1 Å². The molecule has 116 valence electrons. The van der Waals surface area contributed by atoms with E-state index in [2.05, 4.69) is 10.3 Å². The minimum absolute atomic E-state index is 0.0350. The molecule has 1 aromatic carbocycles. The average Bonchev–Trinajstić information content (AvgIpc) is 2.52. The van der Waals surface area contributed by atoms with Gasteiger partial charge in [0, 0.05) is 24.9 Å². The van der Waals surface area contributed by atoms with Gasteiger partial charge in [-0.05, 0) is 43.2 Å². The molecule has 22 heavy (non-hydrogen) atoms. The fourth-order valence-electron chi connectivity index (χ4n) is 2.03. The zero-order chi connectivity index (χ0) is 15.8. The van der Waals surface area contributed by atoms with Crippen LogP contribution >= 0.6 is 0 Å². The van der Waals surface area contributed by atoms with Gasteiger partial charge in [-0.1, -0.05) is 6.07 Å². The lowest BCUT2D eigenvalue weighted by atomic mass is 10.1. The van der Waals surface area contributed by atoms with Crippen molar-refractivity contribution in [3.8, 4) is 5.75 Å². The third kappa shape index (κ3) is 5.16. The Kier molecular flexibility index (Phi) is 5.89. The average molecular weight is 302 g/mol. The van der Waals surface area contributed by atoms with Crippen LogP contribution in [0.15, 0.2) is 48.8 Å². The number of benzene rings is 1. The van der Waals surface area contributed by atoms with Gasteiger partial charge in [0.05, 0.1) is 12.6 Å². The molecule has 2 rings (SSSR count). The van der Waals surface area contributed by atoms with Crippen LogP contribution in [0.3, 0.4) is 0 Å². The second-order valence-corrected chi connectivity index (χ2v) is 4.98. The SMILES string of the molecule is C[C@@H](NC(=O)CCCOc1cccc(F)c1)c1ccncc1. The minimum Gasteiger partial charge on any atom is -0.493 e. The molecule has 5 heteroatoms. The van der Waals surface area contributed by atoms with E-state index in [1.54, 1.807) is 24.5 Å². The zero-order valence-corrected chi connectivity index (χ0v) is 12.5. The molecule has 0 aliphatic rings. The Morgan fingerprint density at radius 2 is 2.09 bits per heavy atom. The molecule has 0 radical (unpaired) electrons. The summed E-state index contributed by atoms with van der Waals surface area (Å²) in [6.45, 7) is 2.30. The first-order valence-corrected chi connectivity index (χ1v) is 7.23. The van der Waals surface area contributed by atoms with Crippen molar-refractivity contribution in [2.75, 3.05) is 6.61 Å². The van der Waals surface area contributed by atoms with Crippen LogP contribution in [0.1, 0.15) is 31.4 Å². The molecule has 0 bridgehead atoms. The number of ether oxygens (including phenoxy) is 1. The lowest BCUT2D eigenvalue weighted by Gasteiger charge is -2.14. The molecule has 1 heterocycles. The number of rotatable bonds is 7.